The van der Waals surface area contributed by atoms with Gasteiger partial charge in [0.25, 0.3) is 0 Å². The third-order valence-electron chi connectivity index (χ3n) is 1.65. The minimum absolute atomic E-state index is 0.0924. The summed E-state index contributed by atoms with van der Waals surface area (Å²) in [5, 5.41) is 5.64. The second kappa shape index (κ2) is 6.65. The maximum atomic E-state index is 11.2. The summed E-state index contributed by atoms with van der Waals surface area (Å²) in [5.41, 5.74) is 5.19. The number of unbranched alkanes of at least 4 members (excludes halogenated alkanes) is 2. The summed E-state index contributed by atoms with van der Waals surface area (Å²) in [4.78, 5) is 11.2. The Balaban J connectivity index is 3.36. The van der Waals surface area contributed by atoms with E-state index in [1.54, 1.807) is 0 Å². The van der Waals surface area contributed by atoms with Crippen LogP contribution in [-0.2, 0) is 0 Å². The fraction of sp³-hybridized carbons (Fsp3) is 0.900. The molecule has 0 saturated carbocycles. The maximum Gasteiger partial charge on any atom is 0.315 e. The van der Waals surface area contributed by atoms with Gasteiger partial charge in [0, 0.05) is 12.1 Å². The van der Waals surface area contributed by atoms with Crippen LogP contribution in [0.4, 0.5) is 4.79 Å². The standard InChI is InChI=1S/C10H23N3O/c1-10(2,3)13-9(14)12-8-6-4-5-7-11/h4-8,11H2,1-3H3,(H2,12,13,14). The molecule has 84 valence electrons. The molecule has 0 aliphatic carbocycles. The van der Waals surface area contributed by atoms with E-state index >= 15 is 0 Å². The quantitative estimate of drug-likeness (QED) is 0.585. The first-order chi connectivity index (χ1) is 6.45. The summed E-state index contributed by atoms with van der Waals surface area (Å²) in [5.74, 6) is 0. The second-order valence-corrected chi connectivity index (χ2v) is 4.48. The maximum absolute atomic E-state index is 11.2. The Morgan fingerprint density at radius 3 is 2.36 bits per heavy atom. The van der Waals surface area contributed by atoms with E-state index in [0.29, 0.717) is 0 Å². The predicted octanol–water partition coefficient (Wildman–Crippen LogP) is 1.21. The van der Waals surface area contributed by atoms with Gasteiger partial charge >= 0.3 is 6.03 Å². The molecule has 0 spiro atoms. The average Bonchev–Trinajstić information content (AvgIpc) is 2.00. The molecule has 0 aromatic carbocycles. The molecule has 0 radical (unpaired) electrons. The van der Waals surface area contributed by atoms with E-state index in [0.717, 1.165) is 32.4 Å². The number of rotatable bonds is 5. The van der Waals surface area contributed by atoms with E-state index in [4.69, 9.17) is 5.73 Å². The molecule has 0 atom stereocenters. The zero-order chi connectivity index (χ0) is 11.0. The Labute approximate surface area is 86.6 Å². The van der Waals surface area contributed by atoms with E-state index in [1.165, 1.54) is 0 Å². The molecule has 0 fully saturated rings. The summed E-state index contributed by atoms with van der Waals surface area (Å²) < 4.78 is 0. The lowest BCUT2D eigenvalue weighted by molar-refractivity contribution is 0.232. The minimum Gasteiger partial charge on any atom is -0.338 e. The van der Waals surface area contributed by atoms with Crippen molar-refractivity contribution in [3.63, 3.8) is 0 Å². The summed E-state index contributed by atoms with van der Waals surface area (Å²) in [6.45, 7) is 7.33. The van der Waals surface area contributed by atoms with Crippen molar-refractivity contribution >= 4 is 6.03 Å². The number of nitrogens with one attached hydrogen (secondary N) is 2. The fourth-order valence-corrected chi connectivity index (χ4v) is 1.03. The van der Waals surface area contributed by atoms with Crippen LogP contribution in [0.5, 0.6) is 0 Å². The first kappa shape index (κ1) is 13.2. The van der Waals surface area contributed by atoms with Crippen LogP contribution >= 0.6 is 0 Å². The van der Waals surface area contributed by atoms with E-state index in [1.807, 2.05) is 20.8 Å². The van der Waals surface area contributed by atoms with Gasteiger partial charge in [0.1, 0.15) is 0 Å². The Hall–Kier alpha value is -0.770. The van der Waals surface area contributed by atoms with Crippen molar-refractivity contribution in [1.29, 1.82) is 0 Å². The van der Waals surface area contributed by atoms with Gasteiger partial charge in [-0.1, -0.05) is 6.42 Å². The molecule has 0 aliphatic heterocycles. The van der Waals surface area contributed by atoms with Crippen LogP contribution in [0.15, 0.2) is 0 Å². The molecule has 0 aromatic rings. The van der Waals surface area contributed by atoms with Gasteiger partial charge in [0.05, 0.1) is 0 Å². The molecule has 0 saturated heterocycles. The van der Waals surface area contributed by atoms with Gasteiger partial charge in [-0.05, 0) is 40.2 Å². The van der Waals surface area contributed by atoms with Gasteiger partial charge < -0.3 is 16.4 Å². The van der Waals surface area contributed by atoms with Crippen molar-refractivity contribution in [2.75, 3.05) is 13.1 Å². The van der Waals surface area contributed by atoms with E-state index in [-0.39, 0.29) is 11.6 Å². The van der Waals surface area contributed by atoms with Gasteiger partial charge in [0.15, 0.2) is 0 Å². The van der Waals surface area contributed by atoms with E-state index in [2.05, 4.69) is 10.6 Å². The molecule has 4 heteroatoms. The number of nitrogens with two attached hydrogens (primary N) is 1. The molecule has 4 N–H and O–H groups in total. The fourth-order valence-electron chi connectivity index (χ4n) is 1.03. The molecule has 4 nitrogen and oxygen atoms in total. The van der Waals surface area contributed by atoms with Crippen LogP contribution in [0.25, 0.3) is 0 Å². The monoisotopic (exact) mass is 201 g/mol. The number of hydrogen-bond donors (Lipinski definition) is 3. The molecule has 0 unspecified atom stereocenters. The lowest BCUT2D eigenvalue weighted by atomic mass is 10.1. The molecule has 14 heavy (non-hydrogen) atoms. The Morgan fingerprint density at radius 1 is 1.21 bits per heavy atom. The van der Waals surface area contributed by atoms with Crippen LogP contribution in [0.1, 0.15) is 40.0 Å². The zero-order valence-corrected chi connectivity index (χ0v) is 9.52. The number of urea groups is 1. The van der Waals surface area contributed by atoms with Crippen LogP contribution in [0, 0.1) is 0 Å². The third-order valence-corrected chi connectivity index (χ3v) is 1.65. The highest BCUT2D eigenvalue weighted by molar-refractivity contribution is 5.74. The number of carbonyl (C=O) groups is 1. The number of carbonyl (C=O) groups excluding carboxylic acids is 1. The van der Waals surface area contributed by atoms with Crippen LogP contribution in [0.2, 0.25) is 0 Å². The summed E-state index contributed by atoms with van der Waals surface area (Å²) >= 11 is 0. The molecular formula is C10H23N3O. The number of hydrogen-bond acceptors (Lipinski definition) is 2. The highest BCUT2D eigenvalue weighted by Crippen LogP contribution is 1.97. The van der Waals surface area contributed by atoms with Crippen molar-refractivity contribution in [1.82, 2.24) is 10.6 Å². The highest BCUT2D eigenvalue weighted by atomic mass is 16.2. The van der Waals surface area contributed by atoms with Crippen molar-refractivity contribution in [2.24, 2.45) is 5.73 Å². The van der Waals surface area contributed by atoms with Crippen molar-refractivity contribution < 1.29 is 4.79 Å². The summed E-state index contributed by atoms with van der Waals surface area (Å²) in [6.07, 6.45) is 3.10. The molecule has 2 amide bonds. The second-order valence-electron chi connectivity index (χ2n) is 4.48. The zero-order valence-electron chi connectivity index (χ0n) is 9.52. The van der Waals surface area contributed by atoms with Gasteiger partial charge in [-0.15, -0.1) is 0 Å². The molecule has 0 rings (SSSR count). The first-order valence-corrected chi connectivity index (χ1v) is 5.22. The lowest BCUT2D eigenvalue weighted by Crippen LogP contribution is -2.46. The smallest absolute Gasteiger partial charge is 0.315 e. The molecule has 0 bridgehead atoms. The molecule has 0 aliphatic rings. The SMILES string of the molecule is CC(C)(C)NC(=O)NCCCCCN. The molecular weight excluding hydrogens is 178 g/mol. The first-order valence-electron chi connectivity index (χ1n) is 5.22. The Kier molecular flexibility index (Phi) is 6.28. The van der Waals surface area contributed by atoms with Crippen LogP contribution < -0.4 is 16.4 Å². The largest absolute Gasteiger partial charge is 0.338 e. The normalized spacial score (nSPS) is 11.1. The van der Waals surface area contributed by atoms with Crippen molar-refractivity contribution in [3.05, 3.63) is 0 Å². The van der Waals surface area contributed by atoms with E-state index < -0.39 is 0 Å². The summed E-state index contributed by atoms with van der Waals surface area (Å²) in [7, 11) is 0. The van der Waals surface area contributed by atoms with Crippen molar-refractivity contribution in [3.8, 4) is 0 Å². The van der Waals surface area contributed by atoms with E-state index in [9.17, 15) is 4.79 Å². The third kappa shape index (κ3) is 9.32. The Bertz CT molecular complexity index is 163. The van der Waals surface area contributed by atoms with Gasteiger partial charge in [-0.25, -0.2) is 4.79 Å². The predicted molar refractivity (Wildman–Crippen MR) is 59.2 cm³/mol. The average molecular weight is 201 g/mol. The highest BCUT2D eigenvalue weighted by Gasteiger charge is 2.12. The van der Waals surface area contributed by atoms with Gasteiger partial charge in [0.2, 0.25) is 0 Å². The topological polar surface area (TPSA) is 67.2 Å². The van der Waals surface area contributed by atoms with Crippen LogP contribution in [0.3, 0.4) is 0 Å². The van der Waals surface area contributed by atoms with Crippen molar-refractivity contribution in [2.45, 2.75) is 45.6 Å². The van der Waals surface area contributed by atoms with Crippen LogP contribution in [-0.4, -0.2) is 24.7 Å². The summed E-state index contributed by atoms with van der Waals surface area (Å²) in [6, 6.07) is -0.0924. The van der Waals surface area contributed by atoms with Gasteiger partial charge in [-0.2, -0.15) is 0 Å². The minimum atomic E-state index is -0.165. The lowest BCUT2D eigenvalue weighted by Gasteiger charge is -2.20. The van der Waals surface area contributed by atoms with Gasteiger partial charge in [-0.3, -0.25) is 0 Å². The molecule has 0 aromatic heterocycles. The Morgan fingerprint density at radius 2 is 1.86 bits per heavy atom. The molecule has 0 heterocycles. The number of amides is 2.